The number of halogens is 2. The normalized spacial score (nSPS) is 10.4. The fourth-order valence-corrected chi connectivity index (χ4v) is 1.96. The Hall–Kier alpha value is -0.980. The van der Waals surface area contributed by atoms with Crippen LogP contribution >= 0.6 is 15.9 Å². The lowest BCUT2D eigenvalue weighted by Crippen LogP contribution is -2.37. The quantitative estimate of drug-likeness (QED) is 0.820. The van der Waals surface area contributed by atoms with Crippen LogP contribution in [0, 0.1) is 5.82 Å². The number of hydrogen-bond donors (Lipinski definition) is 2. The van der Waals surface area contributed by atoms with Gasteiger partial charge in [-0.1, -0.05) is 15.9 Å². The zero-order valence-electron chi connectivity index (χ0n) is 9.77. The molecule has 100 valence electrons. The number of amides is 1. The third-order valence-corrected chi connectivity index (χ3v) is 2.94. The van der Waals surface area contributed by atoms with E-state index in [1.807, 2.05) is 0 Å². The molecule has 4 nitrogen and oxygen atoms in total. The van der Waals surface area contributed by atoms with Crippen LogP contribution in [0.1, 0.15) is 5.56 Å². The molecular weight excluding hydrogens is 305 g/mol. The molecule has 1 amide bonds. The number of aliphatic hydroxyl groups excluding tert-OH is 2. The molecule has 0 bridgehead atoms. The molecule has 0 atom stereocenters. The molecule has 0 aliphatic carbocycles. The lowest BCUT2D eigenvalue weighted by molar-refractivity contribution is -0.131. The van der Waals surface area contributed by atoms with Crippen molar-refractivity contribution in [2.24, 2.45) is 0 Å². The summed E-state index contributed by atoms with van der Waals surface area (Å²) in [6, 6.07) is 4.39. The van der Waals surface area contributed by atoms with Crippen molar-refractivity contribution in [1.82, 2.24) is 4.90 Å². The highest BCUT2D eigenvalue weighted by atomic mass is 79.9. The lowest BCUT2D eigenvalue weighted by atomic mass is 10.1. The van der Waals surface area contributed by atoms with Gasteiger partial charge in [0.05, 0.1) is 19.6 Å². The summed E-state index contributed by atoms with van der Waals surface area (Å²) in [7, 11) is 0. The van der Waals surface area contributed by atoms with Gasteiger partial charge in [0.15, 0.2) is 0 Å². The van der Waals surface area contributed by atoms with Gasteiger partial charge in [0, 0.05) is 17.6 Å². The molecule has 0 aliphatic rings. The van der Waals surface area contributed by atoms with E-state index in [2.05, 4.69) is 15.9 Å². The highest BCUT2D eigenvalue weighted by Crippen LogP contribution is 2.16. The van der Waals surface area contributed by atoms with Crippen LogP contribution in [0.5, 0.6) is 0 Å². The fourth-order valence-electron chi connectivity index (χ4n) is 1.56. The van der Waals surface area contributed by atoms with Crippen LogP contribution in [0.25, 0.3) is 0 Å². The van der Waals surface area contributed by atoms with Crippen molar-refractivity contribution in [1.29, 1.82) is 0 Å². The number of aliphatic hydroxyl groups is 2. The van der Waals surface area contributed by atoms with Crippen LogP contribution in [-0.4, -0.2) is 47.3 Å². The second kappa shape index (κ2) is 7.45. The van der Waals surface area contributed by atoms with Crippen molar-refractivity contribution in [2.45, 2.75) is 6.42 Å². The molecule has 6 heteroatoms. The zero-order valence-corrected chi connectivity index (χ0v) is 11.4. The first-order chi connectivity index (χ1) is 8.58. The average molecular weight is 320 g/mol. The molecule has 1 aromatic rings. The van der Waals surface area contributed by atoms with Gasteiger partial charge >= 0.3 is 0 Å². The molecule has 0 fully saturated rings. The molecule has 1 aromatic carbocycles. The molecule has 0 heterocycles. The summed E-state index contributed by atoms with van der Waals surface area (Å²) < 4.78 is 14.2. The lowest BCUT2D eigenvalue weighted by Gasteiger charge is -2.20. The van der Waals surface area contributed by atoms with Gasteiger partial charge in [-0.3, -0.25) is 4.79 Å². The number of benzene rings is 1. The monoisotopic (exact) mass is 319 g/mol. The molecule has 0 spiro atoms. The first-order valence-electron chi connectivity index (χ1n) is 5.52. The van der Waals surface area contributed by atoms with Crippen LogP contribution < -0.4 is 0 Å². The summed E-state index contributed by atoms with van der Waals surface area (Å²) in [5, 5.41) is 17.6. The molecule has 0 unspecified atom stereocenters. The van der Waals surface area contributed by atoms with Gasteiger partial charge in [-0.25, -0.2) is 4.39 Å². The van der Waals surface area contributed by atoms with E-state index >= 15 is 0 Å². The summed E-state index contributed by atoms with van der Waals surface area (Å²) in [6.45, 7) is -0.108. The summed E-state index contributed by atoms with van der Waals surface area (Å²) in [6.07, 6.45) is -0.0920. The number of rotatable bonds is 6. The molecule has 0 saturated heterocycles. The predicted octanol–water partition coefficient (Wildman–Crippen LogP) is 0.944. The van der Waals surface area contributed by atoms with E-state index in [9.17, 15) is 9.18 Å². The molecular formula is C12H15BrFNO3. The van der Waals surface area contributed by atoms with Crippen molar-refractivity contribution < 1.29 is 19.4 Å². The minimum atomic E-state index is -0.445. The highest BCUT2D eigenvalue weighted by molar-refractivity contribution is 9.10. The van der Waals surface area contributed by atoms with Crippen molar-refractivity contribution in [3.8, 4) is 0 Å². The standard InChI is InChI=1S/C12H15BrFNO3/c13-10-1-2-11(14)9(7-10)8-12(18)15(3-5-16)4-6-17/h1-2,7,16-17H,3-6,8H2. The van der Waals surface area contributed by atoms with Gasteiger partial charge in [0.1, 0.15) is 5.82 Å². The first kappa shape index (κ1) is 15.1. The topological polar surface area (TPSA) is 60.8 Å². The molecule has 0 aliphatic heterocycles. The van der Waals surface area contributed by atoms with Crippen LogP contribution in [0.2, 0.25) is 0 Å². The zero-order chi connectivity index (χ0) is 13.5. The third kappa shape index (κ3) is 4.36. The van der Waals surface area contributed by atoms with Crippen LogP contribution in [0.15, 0.2) is 22.7 Å². The minimum Gasteiger partial charge on any atom is -0.395 e. The Kier molecular flexibility index (Phi) is 6.24. The van der Waals surface area contributed by atoms with E-state index in [0.29, 0.717) is 4.47 Å². The Balaban J connectivity index is 2.75. The first-order valence-corrected chi connectivity index (χ1v) is 6.31. The SMILES string of the molecule is O=C(Cc1cc(Br)ccc1F)N(CCO)CCO. The number of hydrogen-bond acceptors (Lipinski definition) is 3. The fraction of sp³-hybridized carbons (Fsp3) is 0.417. The van der Waals surface area contributed by atoms with Gasteiger partial charge in [-0.15, -0.1) is 0 Å². The van der Waals surface area contributed by atoms with Crippen molar-refractivity contribution >= 4 is 21.8 Å². The Bertz CT molecular complexity index is 408. The van der Waals surface area contributed by atoms with E-state index in [4.69, 9.17) is 10.2 Å². The number of nitrogens with zero attached hydrogens (tertiary/aromatic N) is 1. The van der Waals surface area contributed by atoms with Crippen LogP contribution in [0.4, 0.5) is 4.39 Å². The Labute approximate surface area is 113 Å². The van der Waals surface area contributed by atoms with Gasteiger partial charge in [0.25, 0.3) is 0 Å². The predicted molar refractivity (Wildman–Crippen MR) is 68.6 cm³/mol. The van der Waals surface area contributed by atoms with E-state index in [1.54, 1.807) is 12.1 Å². The second-order valence-electron chi connectivity index (χ2n) is 3.74. The Morgan fingerprint density at radius 2 is 1.89 bits per heavy atom. The molecule has 0 radical (unpaired) electrons. The minimum absolute atomic E-state index is 0.0920. The third-order valence-electron chi connectivity index (χ3n) is 2.44. The smallest absolute Gasteiger partial charge is 0.227 e. The number of carbonyl (C=O) groups is 1. The summed E-state index contributed by atoms with van der Waals surface area (Å²) in [4.78, 5) is 13.2. The van der Waals surface area contributed by atoms with E-state index in [0.717, 1.165) is 0 Å². The van der Waals surface area contributed by atoms with E-state index in [1.165, 1.54) is 11.0 Å². The Morgan fingerprint density at radius 3 is 2.44 bits per heavy atom. The molecule has 0 saturated carbocycles. The molecule has 0 aromatic heterocycles. The van der Waals surface area contributed by atoms with Gasteiger partial charge in [0.2, 0.25) is 5.91 Å². The summed E-state index contributed by atoms with van der Waals surface area (Å²) >= 11 is 3.21. The molecule has 1 rings (SSSR count). The second-order valence-corrected chi connectivity index (χ2v) is 4.66. The van der Waals surface area contributed by atoms with Crippen molar-refractivity contribution in [2.75, 3.05) is 26.3 Å². The van der Waals surface area contributed by atoms with Crippen molar-refractivity contribution in [3.05, 3.63) is 34.1 Å². The van der Waals surface area contributed by atoms with Gasteiger partial charge in [-0.2, -0.15) is 0 Å². The summed E-state index contributed by atoms with van der Waals surface area (Å²) in [5.41, 5.74) is 0.287. The average Bonchev–Trinajstić information content (AvgIpc) is 2.33. The van der Waals surface area contributed by atoms with Crippen LogP contribution in [0.3, 0.4) is 0 Å². The van der Waals surface area contributed by atoms with Gasteiger partial charge < -0.3 is 15.1 Å². The van der Waals surface area contributed by atoms with E-state index in [-0.39, 0.29) is 44.2 Å². The van der Waals surface area contributed by atoms with Crippen LogP contribution in [-0.2, 0) is 11.2 Å². The maximum atomic E-state index is 13.5. The molecule has 2 N–H and O–H groups in total. The highest BCUT2D eigenvalue weighted by Gasteiger charge is 2.15. The van der Waals surface area contributed by atoms with Gasteiger partial charge in [-0.05, 0) is 23.8 Å². The largest absolute Gasteiger partial charge is 0.395 e. The maximum absolute atomic E-state index is 13.5. The molecule has 18 heavy (non-hydrogen) atoms. The van der Waals surface area contributed by atoms with E-state index < -0.39 is 5.82 Å². The summed E-state index contributed by atoms with van der Waals surface area (Å²) in [5.74, 6) is -0.769. The maximum Gasteiger partial charge on any atom is 0.227 e. The van der Waals surface area contributed by atoms with Crippen molar-refractivity contribution in [3.63, 3.8) is 0 Å². The Morgan fingerprint density at radius 1 is 1.28 bits per heavy atom. The number of carbonyl (C=O) groups excluding carboxylic acids is 1.